The summed E-state index contributed by atoms with van der Waals surface area (Å²) in [5.41, 5.74) is 2.71. The minimum atomic E-state index is 0.350. The highest BCUT2D eigenvalue weighted by Crippen LogP contribution is 2.24. The topological polar surface area (TPSA) is 30.5 Å². The molecule has 1 aromatic rings. The second kappa shape index (κ2) is 6.74. The third kappa shape index (κ3) is 3.53. The molecule has 1 aliphatic rings. The summed E-state index contributed by atoms with van der Waals surface area (Å²) in [7, 11) is 1.75. The Balaban J connectivity index is 1.82. The molecule has 3 nitrogen and oxygen atoms in total. The van der Waals surface area contributed by atoms with Crippen LogP contribution in [0.3, 0.4) is 0 Å². The van der Waals surface area contributed by atoms with E-state index in [4.69, 9.17) is 9.47 Å². The maximum atomic E-state index is 5.60. The molecule has 0 bridgehead atoms. The number of benzene rings is 1. The highest BCUT2D eigenvalue weighted by atomic mass is 16.5. The summed E-state index contributed by atoms with van der Waals surface area (Å²) < 4.78 is 10.6. The lowest BCUT2D eigenvalue weighted by atomic mass is 9.99. The van der Waals surface area contributed by atoms with E-state index in [1.54, 1.807) is 7.11 Å². The van der Waals surface area contributed by atoms with E-state index < -0.39 is 0 Å². The summed E-state index contributed by atoms with van der Waals surface area (Å²) in [4.78, 5) is 0. The Labute approximate surface area is 103 Å². The quantitative estimate of drug-likeness (QED) is 0.767. The van der Waals surface area contributed by atoms with Gasteiger partial charge in [0, 0.05) is 13.7 Å². The van der Waals surface area contributed by atoms with Gasteiger partial charge in [0.2, 0.25) is 0 Å². The molecule has 1 aromatic carbocycles. The van der Waals surface area contributed by atoms with Gasteiger partial charge in [-0.1, -0.05) is 24.3 Å². The van der Waals surface area contributed by atoms with Gasteiger partial charge in [-0.25, -0.2) is 0 Å². The van der Waals surface area contributed by atoms with Gasteiger partial charge in [0.1, 0.15) is 0 Å². The van der Waals surface area contributed by atoms with Crippen molar-refractivity contribution in [1.29, 1.82) is 0 Å². The van der Waals surface area contributed by atoms with Crippen LogP contribution in [0.4, 0.5) is 0 Å². The van der Waals surface area contributed by atoms with E-state index in [2.05, 4.69) is 29.6 Å². The number of methoxy groups -OCH3 is 1. The standard InChI is InChI=1S/C14H21NO2/c1-16-9-5-4-8-15-14-11-17-10-12-6-2-3-7-13(12)14/h2-3,6-7,14-15H,4-5,8-11H2,1H3. The van der Waals surface area contributed by atoms with E-state index in [0.717, 1.165) is 39.2 Å². The molecule has 0 aliphatic carbocycles. The van der Waals surface area contributed by atoms with Gasteiger partial charge in [0.05, 0.1) is 19.3 Å². The average molecular weight is 235 g/mol. The van der Waals surface area contributed by atoms with Crippen LogP contribution < -0.4 is 5.32 Å². The number of nitrogens with one attached hydrogen (secondary N) is 1. The molecule has 0 fully saturated rings. The number of fused-ring (bicyclic) bond motifs is 1. The van der Waals surface area contributed by atoms with Gasteiger partial charge >= 0.3 is 0 Å². The molecular formula is C14H21NO2. The maximum absolute atomic E-state index is 5.60. The maximum Gasteiger partial charge on any atom is 0.0721 e. The molecule has 2 rings (SSSR count). The highest BCUT2D eigenvalue weighted by Gasteiger charge is 2.18. The molecule has 0 amide bonds. The normalized spacial score (nSPS) is 19.0. The van der Waals surface area contributed by atoms with Gasteiger partial charge in [-0.05, 0) is 30.5 Å². The molecule has 1 N–H and O–H groups in total. The van der Waals surface area contributed by atoms with Gasteiger partial charge in [-0.2, -0.15) is 0 Å². The van der Waals surface area contributed by atoms with Crippen molar-refractivity contribution in [2.75, 3.05) is 26.9 Å². The van der Waals surface area contributed by atoms with Crippen molar-refractivity contribution < 1.29 is 9.47 Å². The molecule has 0 spiro atoms. The first-order valence-electron chi connectivity index (χ1n) is 6.29. The second-order valence-electron chi connectivity index (χ2n) is 4.42. The number of ether oxygens (including phenoxy) is 2. The van der Waals surface area contributed by atoms with Crippen LogP contribution in [0, 0.1) is 0 Å². The second-order valence-corrected chi connectivity index (χ2v) is 4.42. The van der Waals surface area contributed by atoms with Crippen molar-refractivity contribution in [3.8, 4) is 0 Å². The van der Waals surface area contributed by atoms with Gasteiger partial charge in [-0.15, -0.1) is 0 Å². The van der Waals surface area contributed by atoms with E-state index in [0.29, 0.717) is 6.04 Å². The van der Waals surface area contributed by atoms with Crippen molar-refractivity contribution >= 4 is 0 Å². The van der Waals surface area contributed by atoms with E-state index in [-0.39, 0.29) is 0 Å². The van der Waals surface area contributed by atoms with Crippen LogP contribution >= 0.6 is 0 Å². The van der Waals surface area contributed by atoms with Crippen molar-refractivity contribution in [1.82, 2.24) is 5.32 Å². The number of rotatable bonds is 6. The smallest absolute Gasteiger partial charge is 0.0721 e. The van der Waals surface area contributed by atoms with Gasteiger partial charge in [0.25, 0.3) is 0 Å². The van der Waals surface area contributed by atoms with Crippen molar-refractivity contribution in [2.24, 2.45) is 0 Å². The average Bonchev–Trinajstić information content (AvgIpc) is 2.39. The Bertz CT molecular complexity index is 341. The van der Waals surface area contributed by atoms with Crippen molar-refractivity contribution in [3.05, 3.63) is 35.4 Å². The summed E-state index contributed by atoms with van der Waals surface area (Å²) in [6.45, 7) is 3.39. The van der Waals surface area contributed by atoms with Crippen molar-refractivity contribution in [2.45, 2.75) is 25.5 Å². The molecule has 0 radical (unpaired) electrons. The van der Waals surface area contributed by atoms with E-state index in [1.165, 1.54) is 11.1 Å². The fraction of sp³-hybridized carbons (Fsp3) is 0.571. The molecular weight excluding hydrogens is 214 g/mol. The van der Waals surface area contributed by atoms with Crippen LogP contribution in [0.1, 0.15) is 30.0 Å². The Morgan fingerprint density at radius 1 is 1.35 bits per heavy atom. The van der Waals surface area contributed by atoms with Crippen LogP contribution in [0.15, 0.2) is 24.3 Å². The molecule has 17 heavy (non-hydrogen) atoms. The predicted octanol–water partition coefficient (Wildman–Crippen LogP) is 2.27. The monoisotopic (exact) mass is 235 g/mol. The molecule has 1 atom stereocenters. The minimum Gasteiger partial charge on any atom is -0.385 e. The van der Waals surface area contributed by atoms with Gasteiger partial charge in [-0.3, -0.25) is 0 Å². The Morgan fingerprint density at radius 3 is 3.12 bits per heavy atom. The molecule has 1 aliphatic heterocycles. The zero-order valence-electron chi connectivity index (χ0n) is 10.4. The molecule has 0 saturated carbocycles. The summed E-state index contributed by atoms with van der Waals surface area (Å²) in [5.74, 6) is 0. The van der Waals surface area contributed by atoms with E-state index >= 15 is 0 Å². The van der Waals surface area contributed by atoms with E-state index in [1.807, 2.05) is 0 Å². The fourth-order valence-electron chi connectivity index (χ4n) is 2.20. The first-order valence-corrected chi connectivity index (χ1v) is 6.29. The number of hydrogen-bond donors (Lipinski definition) is 1. The lowest BCUT2D eigenvalue weighted by Crippen LogP contribution is -2.30. The van der Waals surface area contributed by atoms with Crippen LogP contribution in [0.5, 0.6) is 0 Å². The van der Waals surface area contributed by atoms with Crippen molar-refractivity contribution in [3.63, 3.8) is 0 Å². The molecule has 1 unspecified atom stereocenters. The van der Waals surface area contributed by atoms with Crippen LogP contribution in [-0.4, -0.2) is 26.9 Å². The van der Waals surface area contributed by atoms with E-state index in [9.17, 15) is 0 Å². The van der Waals surface area contributed by atoms with Crippen LogP contribution in [0.2, 0.25) is 0 Å². The minimum absolute atomic E-state index is 0.350. The number of hydrogen-bond acceptors (Lipinski definition) is 3. The SMILES string of the molecule is COCCCCNC1COCc2ccccc21. The largest absolute Gasteiger partial charge is 0.385 e. The molecule has 0 saturated heterocycles. The summed E-state index contributed by atoms with van der Waals surface area (Å²) in [5, 5.41) is 3.56. The molecule has 0 aromatic heterocycles. The first kappa shape index (κ1) is 12.6. The fourth-order valence-corrected chi connectivity index (χ4v) is 2.20. The lowest BCUT2D eigenvalue weighted by Gasteiger charge is -2.26. The summed E-state index contributed by atoms with van der Waals surface area (Å²) >= 11 is 0. The molecule has 1 heterocycles. The van der Waals surface area contributed by atoms with Crippen LogP contribution in [0.25, 0.3) is 0 Å². The summed E-state index contributed by atoms with van der Waals surface area (Å²) in [6, 6.07) is 8.87. The lowest BCUT2D eigenvalue weighted by molar-refractivity contribution is 0.0819. The Morgan fingerprint density at radius 2 is 2.24 bits per heavy atom. The zero-order chi connectivity index (χ0) is 11.9. The zero-order valence-corrected chi connectivity index (χ0v) is 10.4. The Hall–Kier alpha value is -0.900. The highest BCUT2D eigenvalue weighted by molar-refractivity contribution is 5.30. The Kier molecular flexibility index (Phi) is 4.98. The molecule has 3 heteroatoms. The van der Waals surface area contributed by atoms with Crippen LogP contribution in [-0.2, 0) is 16.1 Å². The third-order valence-corrected chi connectivity index (χ3v) is 3.14. The van der Waals surface area contributed by atoms with Gasteiger partial charge < -0.3 is 14.8 Å². The number of unbranched alkanes of at least 4 members (excludes halogenated alkanes) is 1. The summed E-state index contributed by atoms with van der Waals surface area (Å²) in [6.07, 6.45) is 2.26. The first-order chi connectivity index (χ1) is 8.42. The van der Waals surface area contributed by atoms with Gasteiger partial charge in [0.15, 0.2) is 0 Å². The predicted molar refractivity (Wildman–Crippen MR) is 68.0 cm³/mol. The molecule has 94 valence electrons. The third-order valence-electron chi connectivity index (χ3n) is 3.14.